The molecule has 0 heterocycles. The number of rotatable bonds is 3. The Labute approximate surface area is 141 Å². The highest BCUT2D eigenvalue weighted by atomic mass is 35.5. The zero-order chi connectivity index (χ0) is 14.7. The third-order valence-corrected chi connectivity index (χ3v) is 7.12. The topological polar surface area (TPSA) is 12.0 Å². The van der Waals surface area contributed by atoms with E-state index in [2.05, 4.69) is 29.1 Å². The van der Waals surface area contributed by atoms with E-state index in [4.69, 9.17) is 35.0 Å². The Bertz CT molecular complexity index is 536. The van der Waals surface area contributed by atoms with Crippen molar-refractivity contribution in [2.75, 3.05) is 0 Å². The lowest BCUT2D eigenvalue weighted by molar-refractivity contribution is -0.0212. The van der Waals surface area contributed by atoms with Crippen molar-refractivity contribution in [3.63, 3.8) is 0 Å². The highest BCUT2D eigenvalue weighted by Gasteiger charge is 2.63. The summed E-state index contributed by atoms with van der Waals surface area (Å²) in [6, 6.07) is 10.6. The second-order valence-corrected chi connectivity index (χ2v) is 9.13. The minimum absolute atomic E-state index is 0.0579. The van der Waals surface area contributed by atoms with Crippen LogP contribution in [-0.2, 0) is 0 Å². The van der Waals surface area contributed by atoms with Gasteiger partial charge in [-0.2, -0.15) is 0 Å². The third kappa shape index (κ3) is 2.32. The van der Waals surface area contributed by atoms with Crippen LogP contribution >= 0.6 is 35.0 Å². The molecule has 4 saturated carbocycles. The lowest BCUT2D eigenvalue weighted by Crippen LogP contribution is -2.61. The lowest BCUT2D eigenvalue weighted by atomic mass is 9.49. The van der Waals surface area contributed by atoms with Crippen molar-refractivity contribution in [1.29, 1.82) is 0 Å². The Morgan fingerprint density at radius 2 is 1.86 bits per heavy atom. The molecule has 4 heteroatoms. The van der Waals surface area contributed by atoms with Crippen molar-refractivity contribution in [3.05, 3.63) is 35.9 Å². The Morgan fingerprint density at radius 3 is 2.48 bits per heavy atom. The maximum Gasteiger partial charge on any atom is 0.0518 e. The van der Waals surface area contributed by atoms with Gasteiger partial charge in [0.15, 0.2) is 0 Å². The molecule has 6 atom stereocenters. The van der Waals surface area contributed by atoms with E-state index in [-0.39, 0.29) is 15.8 Å². The molecule has 5 rings (SSSR count). The summed E-state index contributed by atoms with van der Waals surface area (Å²) >= 11 is 20.1. The Kier molecular flexibility index (Phi) is 3.50. The molecule has 4 fully saturated rings. The summed E-state index contributed by atoms with van der Waals surface area (Å²) in [6.45, 7) is 0. The molecule has 21 heavy (non-hydrogen) atoms. The fourth-order valence-corrected chi connectivity index (χ4v) is 7.33. The van der Waals surface area contributed by atoms with Crippen LogP contribution in [0, 0.1) is 17.8 Å². The molecule has 0 aromatic heterocycles. The molecule has 114 valence electrons. The minimum Gasteiger partial charge on any atom is -0.226 e. The fourth-order valence-electron chi connectivity index (χ4n) is 5.56. The summed E-state index contributed by atoms with van der Waals surface area (Å²) in [4.78, 5) is 2.77. The van der Waals surface area contributed by atoms with Gasteiger partial charge in [0.05, 0.1) is 10.9 Å². The normalized spacial score (nSPS) is 45.8. The van der Waals surface area contributed by atoms with E-state index in [9.17, 15) is 0 Å². The average Bonchev–Trinajstić information content (AvgIpc) is 2.41. The van der Waals surface area contributed by atoms with Gasteiger partial charge >= 0.3 is 0 Å². The summed E-state index contributed by atoms with van der Waals surface area (Å²) in [6.07, 6.45) is 5.51. The molecular weight excluding hydrogens is 325 g/mol. The fraction of sp³-hybridized carbons (Fsp3) is 0.647. The van der Waals surface area contributed by atoms with Gasteiger partial charge in [-0.3, -0.25) is 0 Å². The highest BCUT2D eigenvalue weighted by Crippen LogP contribution is 2.66. The number of benzene rings is 1. The van der Waals surface area contributed by atoms with Gasteiger partial charge in [0.1, 0.15) is 0 Å². The highest BCUT2D eigenvalue weighted by molar-refractivity contribution is 6.28. The quantitative estimate of drug-likeness (QED) is 0.582. The van der Waals surface area contributed by atoms with Crippen LogP contribution in [-0.4, -0.2) is 9.75 Å². The molecule has 0 amide bonds. The zero-order valence-corrected chi connectivity index (χ0v) is 14.1. The van der Waals surface area contributed by atoms with E-state index in [1.807, 2.05) is 6.07 Å². The second kappa shape index (κ2) is 5.03. The molecule has 4 aliphatic carbocycles. The monoisotopic (exact) mass is 343 g/mol. The van der Waals surface area contributed by atoms with Crippen LogP contribution < -0.4 is 4.84 Å². The van der Waals surface area contributed by atoms with E-state index in [1.54, 1.807) is 0 Å². The van der Waals surface area contributed by atoms with E-state index in [0.29, 0.717) is 17.8 Å². The summed E-state index contributed by atoms with van der Waals surface area (Å²) in [5, 5.41) is 0. The molecule has 2 unspecified atom stereocenters. The minimum atomic E-state index is -0.200. The maximum absolute atomic E-state index is 7.13. The van der Waals surface area contributed by atoms with Crippen molar-refractivity contribution in [2.45, 2.75) is 47.9 Å². The Hall–Kier alpha value is 0.0500. The number of alkyl halides is 2. The first-order chi connectivity index (χ1) is 10.0. The predicted octanol–water partition coefficient (Wildman–Crippen LogP) is 5.27. The molecule has 4 aliphatic rings. The first kappa shape index (κ1) is 14.6. The van der Waals surface area contributed by atoms with Crippen LogP contribution in [0.3, 0.4) is 0 Å². The Balaban J connectivity index is 1.71. The maximum atomic E-state index is 7.13. The average molecular weight is 345 g/mol. The largest absolute Gasteiger partial charge is 0.226 e. The SMILES string of the molecule is ClN[C@@H](c1ccccc1)[C@H]1C2CC3C[C@](Cl)(C2)C[C@@]1(Cl)C3. The van der Waals surface area contributed by atoms with Gasteiger partial charge < -0.3 is 0 Å². The lowest BCUT2D eigenvalue weighted by Gasteiger charge is -2.63. The number of nitrogens with one attached hydrogen (secondary N) is 1. The summed E-state index contributed by atoms with van der Waals surface area (Å²) in [5.41, 5.74) is 1.23. The summed E-state index contributed by atoms with van der Waals surface area (Å²) in [5.74, 6) is 1.65. The first-order valence-electron chi connectivity index (χ1n) is 7.82. The van der Waals surface area contributed by atoms with Crippen LogP contribution in [0.25, 0.3) is 0 Å². The van der Waals surface area contributed by atoms with Gasteiger partial charge in [-0.1, -0.05) is 30.3 Å². The van der Waals surface area contributed by atoms with Gasteiger partial charge in [0.25, 0.3) is 0 Å². The van der Waals surface area contributed by atoms with E-state index < -0.39 is 0 Å². The van der Waals surface area contributed by atoms with Gasteiger partial charge in [-0.25, -0.2) is 4.84 Å². The number of hydrogen-bond acceptors (Lipinski definition) is 1. The molecule has 0 aliphatic heterocycles. The van der Waals surface area contributed by atoms with E-state index >= 15 is 0 Å². The van der Waals surface area contributed by atoms with Crippen LogP contribution in [0.4, 0.5) is 0 Å². The first-order valence-corrected chi connectivity index (χ1v) is 8.95. The third-order valence-electron chi connectivity index (χ3n) is 5.90. The Morgan fingerprint density at radius 1 is 1.10 bits per heavy atom. The van der Waals surface area contributed by atoms with Crippen molar-refractivity contribution in [2.24, 2.45) is 17.8 Å². The number of halogens is 3. The van der Waals surface area contributed by atoms with Gasteiger partial charge in [0.2, 0.25) is 0 Å². The zero-order valence-electron chi connectivity index (χ0n) is 11.9. The van der Waals surface area contributed by atoms with Crippen molar-refractivity contribution in [3.8, 4) is 0 Å². The molecule has 4 bridgehead atoms. The predicted molar refractivity (Wildman–Crippen MR) is 88.9 cm³/mol. The van der Waals surface area contributed by atoms with Crippen LogP contribution in [0.1, 0.15) is 43.7 Å². The molecule has 0 radical (unpaired) electrons. The number of hydrogen-bond donors (Lipinski definition) is 1. The summed E-state index contributed by atoms with van der Waals surface area (Å²) < 4.78 is 0. The molecule has 1 aromatic carbocycles. The molecule has 0 saturated heterocycles. The van der Waals surface area contributed by atoms with Gasteiger partial charge in [-0.15, -0.1) is 23.2 Å². The molecule has 1 N–H and O–H groups in total. The molecule has 0 spiro atoms. The van der Waals surface area contributed by atoms with Crippen LogP contribution in [0.2, 0.25) is 0 Å². The van der Waals surface area contributed by atoms with Crippen LogP contribution in [0.15, 0.2) is 30.3 Å². The smallest absolute Gasteiger partial charge is 0.0518 e. The van der Waals surface area contributed by atoms with E-state index in [0.717, 1.165) is 25.7 Å². The van der Waals surface area contributed by atoms with E-state index in [1.165, 1.54) is 12.0 Å². The second-order valence-electron chi connectivity index (χ2n) is 7.36. The van der Waals surface area contributed by atoms with Gasteiger partial charge in [-0.05, 0) is 61.3 Å². The van der Waals surface area contributed by atoms with Crippen molar-refractivity contribution in [1.82, 2.24) is 4.84 Å². The molecular formula is C17H20Cl3N. The van der Waals surface area contributed by atoms with Crippen LogP contribution in [0.5, 0.6) is 0 Å². The summed E-state index contributed by atoms with van der Waals surface area (Å²) in [7, 11) is 0. The van der Waals surface area contributed by atoms with Gasteiger partial charge in [0, 0.05) is 10.8 Å². The van der Waals surface area contributed by atoms with Crippen molar-refractivity contribution >= 4 is 35.0 Å². The molecule has 1 nitrogen and oxygen atoms in total. The standard InChI is InChI=1S/C17H20Cl3N/c18-16-7-11-6-13(9-16)14(17(19,8-11)10-16)15(21-20)12-4-2-1-3-5-12/h1-5,11,13-15,21H,6-10H2/t11?,13?,14-,15+,16+,17+/m1/s1. The van der Waals surface area contributed by atoms with Crippen molar-refractivity contribution < 1.29 is 0 Å². The molecule has 1 aromatic rings.